The molecule has 0 unspecified atom stereocenters. The molecule has 2 aliphatic rings. The van der Waals surface area contributed by atoms with Gasteiger partial charge in [0.2, 0.25) is 5.91 Å². The van der Waals surface area contributed by atoms with Gasteiger partial charge in [0, 0.05) is 19.0 Å². The third-order valence-electron chi connectivity index (χ3n) is 2.37. The van der Waals surface area contributed by atoms with Gasteiger partial charge in [0.05, 0.1) is 19.3 Å². The second kappa shape index (κ2) is 4.07. The van der Waals surface area contributed by atoms with E-state index in [9.17, 15) is 4.79 Å². The Morgan fingerprint density at radius 3 is 2.62 bits per heavy atom. The molecule has 2 rings (SSSR count). The highest BCUT2D eigenvalue weighted by Gasteiger charge is 2.22. The third kappa shape index (κ3) is 2.97. The molecule has 1 amide bonds. The number of ether oxygens (including phenoxy) is 1. The van der Waals surface area contributed by atoms with E-state index in [0.717, 1.165) is 6.54 Å². The molecule has 0 aromatic rings. The van der Waals surface area contributed by atoms with Crippen molar-refractivity contribution in [3.8, 4) is 0 Å². The number of amides is 1. The molecule has 2 N–H and O–H groups in total. The summed E-state index contributed by atoms with van der Waals surface area (Å²) < 4.78 is 4.96. The summed E-state index contributed by atoms with van der Waals surface area (Å²) in [4.78, 5) is 11.2. The average Bonchev–Trinajstić information content (AvgIpc) is 2.81. The standard InChI is InChI=1S/C9H16N2O2/c12-9(11-8-5-13-6-8)3-4-10-7-1-2-7/h7-8,10H,1-6H2,(H,11,12). The molecule has 0 radical (unpaired) electrons. The molecule has 1 saturated carbocycles. The van der Waals surface area contributed by atoms with Crippen molar-refractivity contribution < 1.29 is 9.53 Å². The van der Waals surface area contributed by atoms with E-state index in [1.54, 1.807) is 0 Å². The van der Waals surface area contributed by atoms with Crippen LogP contribution in [-0.4, -0.2) is 37.7 Å². The maximum Gasteiger partial charge on any atom is 0.221 e. The highest BCUT2D eigenvalue weighted by molar-refractivity contribution is 5.76. The zero-order valence-corrected chi connectivity index (χ0v) is 7.71. The zero-order valence-electron chi connectivity index (χ0n) is 7.71. The molecule has 0 atom stereocenters. The van der Waals surface area contributed by atoms with Crippen LogP contribution in [0.4, 0.5) is 0 Å². The first-order valence-corrected chi connectivity index (χ1v) is 4.95. The molecule has 0 spiro atoms. The number of carbonyl (C=O) groups excluding carboxylic acids is 1. The maximum atomic E-state index is 11.2. The number of hydrogen-bond acceptors (Lipinski definition) is 3. The van der Waals surface area contributed by atoms with Crippen LogP contribution < -0.4 is 10.6 Å². The smallest absolute Gasteiger partial charge is 0.221 e. The molecule has 1 aliphatic heterocycles. The maximum absolute atomic E-state index is 11.2. The zero-order chi connectivity index (χ0) is 9.10. The molecule has 4 heteroatoms. The van der Waals surface area contributed by atoms with Crippen LogP contribution in [0.25, 0.3) is 0 Å². The Kier molecular flexibility index (Phi) is 2.80. The molecule has 1 heterocycles. The van der Waals surface area contributed by atoms with Gasteiger partial charge in [-0.2, -0.15) is 0 Å². The number of carbonyl (C=O) groups is 1. The first-order chi connectivity index (χ1) is 6.34. The Bertz CT molecular complexity index is 188. The van der Waals surface area contributed by atoms with Crippen LogP contribution in [-0.2, 0) is 9.53 Å². The second-order valence-electron chi connectivity index (χ2n) is 3.78. The van der Waals surface area contributed by atoms with Crippen LogP contribution >= 0.6 is 0 Å². The lowest BCUT2D eigenvalue weighted by Gasteiger charge is -2.26. The summed E-state index contributed by atoms with van der Waals surface area (Å²) in [5, 5.41) is 6.21. The van der Waals surface area contributed by atoms with Gasteiger partial charge < -0.3 is 15.4 Å². The molecule has 0 bridgehead atoms. The van der Waals surface area contributed by atoms with Crippen LogP contribution in [0.1, 0.15) is 19.3 Å². The summed E-state index contributed by atoms with van der Waals surface area (Å²) in [6, 6.07) is 0.966. The van der Waals surface area contributed by atoms with E-state index in [2.05, 4.69) is 10.6 Å². The fourth-order valence-corrected chi connectivity index (χ4v) is 1.30. The van der Waals surface area contributed by atoms with Gasteiger partial charge >= 0.3 is 0 Å². The number of rotatable bonds is 5. The summed E-state index contributed by atoms with van der Waals surface area (Å²) in [5.41, 5.74) is 0. The molecule has 0 aromatic carbocycles. The Labute approximate surface area is 78.0 Å². The molecule has 2 fully saturated rings. The lowest BCUT2D eigenvalue weighted by atomic mass is 10.2. The van der Waals surface area contributed by atoms with Gasteiger partial charge in [0.25, 0.3) is 0 Å². The van der Waals surface area contributed by atoms with Crippen molar-refractivity contribution in [2.75, 3.05) is 19.8 Å². The van der Waals surface area contributed by atoms with Gasteiger partial charge in [-0.05, 0) is 12.8 Å². The van der Waals surface area contributed by atoms with Gasteiger partial charge in [-0.25, -0.2) is 0 Å². The Morgan fingerprint density at radius 1 is 1.31 bits per heavy atom. The monoisotopic (exact) mass is 184 g/mol. The Hall–Kier alpha value is -0.610. The third-order valence-corrected chi connectivity index (χ3v) is 2.37. The van der Waals surface area contributed by atoms with E-state index in [1.807, 2.05) is 0 Å². The fraction of sp³-hybridized carbons (Fsp3) is 0.889. The molecule has 74 valence electrons. The molecule has 1 aliphatic carbocycles. The summed E-state index contributed by atoms with van der Waals surface area (Å²) in [7, 11) is 0. The Balaban J connectivity index is 1.49. The summed E-state index contributed by atoms with van der Waals surface area (Å²) in [5.74, 6) is 0.140. The van der Waals surface area contributed by atoms with Crippen LogP contribution in [0.15, 0.2) is 0 Å². The van der Waals surface area contributed by atoms with Crippen LogP contribution in [0, 0.1) is 0 Å². The molecule has 13 heavy (non-hydrogen) atoms. The largest absolute Gasteiger partial charge is 0.377 e. The highest BCUT2D eigenvalue weighted by atomic mass is 16.5. The first-order valence-electron chi connectivity index (χ1n) is 4.95. The Morgan fingerprint density at radius 2 is 2.08 bits per heavy atom. The minimum Gasteiger partial charge on any atom is -0.377 e. The van der Waals surface area contributed by atoms with Crippen LogP contribution in [0.3, 0.4) is 0 Å². The molecule has 1 saturated heterocycles. The molecular formula is C9H16N2O2. The molecule has 0 aromatic heterocycles. The van der Waals surface area contributed by atoms with Gasteiger partial charge in [-0.3, -0.25) is 4.79 Å². The van der Waals surface area contributed by atoms with Gasteiger partial charge in [0.15, 0.2) is 0 Å². The minimum absolute atomic E-state index is 0.140. The van der Waals surface area contributed by atoms with E-state index in [4.69, 9.17) is 4.74 Å². The van der Waals surface area contributed by atoms with Crippen LogP contribution in [0.5, 0.6) is 0 Å². The van der Waals surface area contributed by atoms with Crippen molar-refractivity contribution in [3.63, 3.8) is 0 Å². The van der Waals surface area contributed by atoms with Crippen molar-refractivity contribution in [3.05, 3.63) is 0 Å². The SMILES string of the molecule is O=C(CCNC1CC1)NC1COC1. The summed E-state index contributed by atoms with van der Waals surface area (Å²) in [6.07, 6.45) is 3.14. The fourth-order valence-electron chi connectivity index (χ4n) is 1.30. The minimum atomic E-state index is 0.140. The van der Waals surface area contributed by atoms with Crippen molar-refractivity contribution >= 4 is 5.91 Å². The number of hydrogen-bond donors (Lipinski definition) is 2. The molecular weight excluding hydrogens is 168 g/mol. The average molecular weight is 184 g/mol. The summed E-state index contributed by atoms with van der Waals surface area (Å²) >= 11 is 0. The van der Waals surface area contributed by atoms with E-state index < -0.39 is 0 Å². The van der Waals surface area contributed by atoms with Crippen molar-refractivity contribution in [1.82, 2.24) is 10.6 Å². The molecule has 4 nitrogen and oxygen atoms in total. The van der Waals surface area contributed by atoms with E-state index in [1.165, 1.54) is 12.8 Å². The van der Waals surface area contributed by atoms with Crippen molar-refractivity contribution in [2.45, 2.75) is 31.3 Å². The van der Waals surface area contributed by atoms with E-state index >= 15 is 0 Å². The lowest BCUT2D eigenvalue weighted by molar-refractivity contribution is -0.125. The predicted molar refractivity (Wildman–Crippen MR) is 48.4 cm³/mol. The topological polar surface area (TPSA) is 50.4 Å². The summed E-state index contributed by atoms with van der Waals surface area (Å²) in [6.45, 7) is 2.17. The van der Waals surface area contributed by atoms with Crippen molar-refractivity contribution in [1.29, 1.82) is 0 Å². The van der Waals surface area contributed by atoms with Crippen LogP contribution in [0.2, 0.25) is 0 Å². The highest BCUT2D eigenvalue weighted by Crippen LogP contribution is 2.18. The van der Waals surface area contributed by atoms with Gasteiger partial charge in [-0.1, -0.05) is 0 Å². The van der Waals surface area contributed by atoms with Gasteiger partial charge in [-0.15, -0.1) is 0 Å². The normalized spacial score (nSPS) is 22.5. The van der Waals surface area contributed by atoms with Crippen molar-refractivity contribution in [2.24, 2.45) is 0 Å². The van der Waals surface area contributed by atoms with Gasteiger partial charge in [0.1, 0.15) is 0 Å². The quantitative estimate of drug-likeness (QED) is 0.613. The first kappa shape index (κ1) is 8.97. The van der Waals surface area contributed by atoms with E-state index in [0.29, 0.717) is 25.7 Å². The van der Waals surface area contributed by atoms with E-state index in [-0.39, 0.29) is 11.9 Å². The number of nitrogens with one attached hydrogen (secondary N) is 2. The lowest BCUT2D eigenvalue weighted by Crippen LogP contribution is -2.49. The second-order valence-corrected chi connectivity index (χ2v) is 3.78. The predicted octanol–water partition coefficient (Wildman–Crippen LogP) is -0.356.